The van der Waals surface area contributed by atoms with Gasteiger partial charge in [-0.2, -0.15) is 0 Å². The molecule has 6 heteroatoms. The number of para-hydroxylation sites is 1. The molecular weight excluding hydrogens is 366 g/mol. The van der Waals surface area contributed by atoms with Gasteiger partial charge in [-0.05, 0) is 49.9 Å². The van der Waals surface area contributed by atoms with Crippen LogP contribution in [0.3, 0.4) is 0 Å². The summed E-state index contributed by atoms with van der Waals surface area (Å²) in [6.45, 7) is 7.34. The van der Waals surface area contributed by atoms with Crippen LogP contribution < -0.4 is 10.2 Å². The average molecular weight is 396 g/mol. The molecule has 0 bridgehead atoms. The molecule has 0 aromatic heterocycles. The standard InChI is InChI=1S/C23H29N3O3/c1-17(23(28)19-8-10-21(11-9-19)24-18(2)27)25(3)16-20-6-4-5-7-22(20)26-12-14-29-15-13-26/h4-11,17H,12-16H2,1-3H3,(H,24,27). The van der Waals surface area contributed by atoms with Crippen molar-refractivity contribution in [2.75, 3.05) is 43.6 Å². The van der Waals surface area contributed by atoms with Crippen molar-refractivity contribution in [1.82, 2.24) is 4.90 Å². The van der Waals surface area contributed by atoms with Crippen LogP contribution in [0.25, 0.3) is 0 Å². The number of rotatable bonds is 7. The van der Waals surface area contributed by atoms with E-state index in [-0.39, 0.29) is 17.7 Å². The van der Waals surface area contributed by atoms with Gasteiger partial charge in [0.1, 0.15) is 0 Å². The number of hydrogen-bond acceptors (Lipinski definition) is 5. The Balaban J connectivity index is 1.68. The highest BCUT2D eigenvalue weighted by molar-refractivity contribution is 6.00. The van der Waals surface area contributed by atoms with E-state index in [9.17, 15) is 9.59 Å². The third-order valence-corrected chi connectivity index (χ3v) is 5.29. The summed E-state index contributed by atoms with van der Waals surface area (Å²) < 4.78 is 5.47. The summed E-state index contributed by atoms with van der Waals surface area (Å²) in [4.78, 5) is 28.5. The van der Waals surface area contributed by atoms with E-state index in [1.807, 2.05) is 20.0 Å². The van der Waals surface area contributed by atoms with E-state index in [2.05, 4.69) is 33.3 Å². The first-order valence-corrected chi connectivity index (χ1v) is 9.98. The number of benzene rings is 2. The maximum absolute atomic E-state index is 12.9. The number of ether oxygens (including phenoxy) is 1. The Labute approximate surface area is 172 Å². The van der Waals surface area contributed by atoms with Crippen LogP contribution in [-0.2, 0) is 16.1 Å². The van der Waals surface area contributed by atoms with Gasteiger partial charge in [0.2, 0.25) is 5.91 Å². The van der Waals surface area contributed by atoms with Gasteiger partial charge < -0.3 is 15.0 Å². The Bertz CT molecular complexity index is 845. The lowest BCUT2D eigenvalue weighted by Crippen LogP contribution is -2.38. The minimum Gasteiger partial charge on any atom is -0.378 e. The molecule has 29 heavy (non-hydrogen) atoms. The Morgan fingerprint density at radius 2 is 1.76 bits per heavy atom. The van der Waals surface area contributed by atoms with Crippen LogP contribution >= 0.6 is 0 Å². The number of morpholine rings is 1. The summed E-state index contributed by atoms with van der Waals surface area (Å²) in [5.74, 6) is -0.0677. The van der Waals surface area contributed by atoms with Crippen LogP contribution in [0.15, 0.2) is 48.5 Å². The number of likely N-dealkylation sites (N-methyl/N-ethyl adjacent to an activating group) is 1. The highest BCUT2D eigenvalue weighted by Gasteiger charge is 2.22. The number of anilines is 2. The molecule has 6 nitrogen and oxygen atoms in total. The van der Waals surface area contributed by atoms with Gasteiger partial charge in [-0.25, -0.2) is 0 Å². The Kier molecular flexibility index (Phi) is 7.01. The Morgan fingerprint density at radius 3 is 2.41 bits per heavy atom. The fraction of sp³-hybridized carbons (Fsp3) is 0.391. The number of hydrogen-bond donors (Lipinski definition) is 1. The molecule has 154 valence electrons. The number of Topliss-reactive ketones (excluding diaryl/α,β-unsaturated/α-hetero) is 1. The molecule has 1 amide bonds. The topological polar surface area (TPSA) is 61.9 Å². The number of carbonyl (C=O) groups excluding carboxylic acids is 2. The zero-order chi connectivity index (χ0) is 20.8. The zero-order valence-corrected chi connectivity index (χ0v) is 17.4. The van der Waals surface area contributed by atoms with Crippen molar-refractivity contribution >= 4 is 23.1 Å². The minimum atomic E-state index is -0.264. The summed E-state index contributed by atoms with van der Waals surface area (Å²) in [5.41, 5.74) is 3.74. The average Bonchev–Trinajstić information content (AvgIpc) is 2.74. The van der Waals surface area contributed by atoms with Crippen LogP contribution in [-0.4, -0.2) is 56.0 Å². The second-order valence-corrected chi connectivity index (χ2v) is 7.44. The fourth-order valence-electron chi connectivity index (χ4n) is 3.53. The molecule has 0 spiro atoms. The molecule has 0 radical (unpaired) electrons. The third kappa shape index (κ3) is 5.43. The molecule has 1 saturated heterocycles. The van der Waals surface area contributed by atoms with Crippen molar-refractivity contribution in [3.05, 3.63) is 59.7 Å². The summed E-state index contributed by atoms with van der Waals surface area (Å²) >= 11 is 0. The largest absolute Gasteiger partial charge is 0.378 e. The van der Waals surface area contributed by atoms with Crippen LogP contribution in [0.2, 0.25) is 0 Å². The van der Waals surface area contributed by atoms with Crippen molar-refractivity contribution in [2.24, 2.45) is 0 Å². The van der Waals surface area contributed by atoms with Crippen molar-refractivity contribution in [2.45, 2.75) is 26.4 Å². The molecule has 3 rings (SSSR count). The lowest BCUT2D eigenvalue weighted by atomic mass is 10.0. The van der Waals surface area contributed by atoms with Gasteiger partial charge in [0.15, 0.2) is 5.78 Å². The first-order valence-electron chi connectivity index (χ1n) is 9.98. The van der Waals surface area contributed by atoms with Crippen LogP contribution in [0.5, 0.6) is 0 Å². The van der Waals surface area contributed by atoms with Gasteiger partial charge in [-0.15, -0.1) is 0 Å². The molecule has 0 saturated carbocycles. The quantitative estimate of drug-likeness (QED) is 0.730. The first kappa shape index (κ1) is 21.0. The highest BCUT2D eigenvalue weighted by atomic mass is 16.5. The number of carbonyl (C=O) groups is 2. The molecule has 2 aromatic carbocycles. The zero-order valence-electron chi connectivity index (χ0n) is 17.4. The molecular formula is C23H29N3O3. The number of ketones is 1. The second-order valence-electron chi connectivity index (χ2n) is 7.44. The summed E-state index contributed by atoms with van der Waals surface area (Å²) in [6, 6.07) is 15.1. The number of nitrogens with one attached hydrogen (secondary N) is 1. The molecule has 1 aliphatic rings. The highest BCUT2D eigenvalue weighted by Crippen LogP contribution is 2.24. The smallest absolute Gasteiger partial charge is 0.221 e. The SMILES string of the molecule is CC(=O)Nc1ccc(C(=O)C(C)N(C)Cc2ccccc2N2CCOCC2)cc1. The maximum Gasteiger partial charge on any atom is 0.221 e. The van der Waals surface area contributed by atoms with Crippen LogP contribution in [0.1, 0.15) is 29.8 Å². The lowest BCUT2D eigenvalue weighted by molar-refractivity contribution is -0.114. The molecule has 1 heterocycles. The Hall–Kier alpha value is -2.70. The summed E-state index contributed by atoms with van der Waals surface area (Å²) in [6.07, 6.45) is 0. The monoisotopic (exact) mass is 395 g/mol. The van der Waals surface area contributed by atoms with Crippen LogP contribution in [0, 0.1) is 0 Å². The van der Waals surface area contributed by atoms with E-state index >= 15 is 0 Å². The second kappa shape index (κ2) is 9.67. The van der Waals surface area contributed by atoms with Gasteiger partial charge in [-0.3, -0.25) is 14.5 Å². The minimum absolute atomic E-state index is 0.0609. The molecule has 2 aromatic rings. The van der Waals surface area contributed by atoms with Gasteiger partial charge in [0.05, 0.1) is 19.3 Å². The van der Waals surface area contributed by atoms with Crippen LogP contribution in [0.4, 0.5) is 11.4 Å². The summed E-state index contributed by atoms with van der Waals surface area (Å²) in [5, 5.41) is 2.72. The number of nitrogens with zero attached hydrogens (tertiary/aromatic N) is 2. The van der Waals surface area contributed by atoms with E-state index in [1.54, 1.807) is 24.3 Å². The van der Waals surface area contributed by atoms with E-state index in [1.165, 1.54) is 18.2 Å². The maximum atomic E-state index is 12.9. The predicted octanol–water partition coefficient (Wildman–Crippen LogP) is 3.18. The predicted molar refractivity (Wildman–Crippen MR) is 115 cm³/mol. The third-order valence-electron chi connectivity index (χ3n) is 5.29. The molecule has 1 aliphatic heterocycles. The van der Waals surface area contributed by atoms with E-state index < -0.39 is 0 Å². The van der Waals surface area contributed by atoms with Crippen molar-refractivity contribution < 1.29 is 14.3 Å². The van der Waals surface area contributed by atoms with E-state index in [0.29, 0.717) is 17.8 Å². The summed E-state index contributed by atoms with van der Waals surface area (Å²) in [7, 11) is 1.98. The van der Waals surface area contributed by atoms with Crippen molar-refractivity contribution in [1.29, 1.82) is 0 Å². The fourth-order valence-corrected chi connectivity index (χ4v) is 3.53. The van der Waals surface area contributed by atoms with Gasteiger partial charge in [0, 0.05) is 43.5 Å². The van der Waals surface area contributed by atoms with Gasteiger partial charge >= 0.3 is 0 Å². The first-order chi connectivity index (χ1) is 14.0. The number of amides is 1. The van der Waals surface area contributed by atoms with Gasteiger partial charge in [0.25, 0.3) is 0 Å². The Morgan fingerprint density at radius 1 is 1.10 bits per heavy atom. The molecule has 1 atom stereocenters. The molecule has 1 unspecified atom stereocenters. The van der Waals surface area contributed by atoms with Gasteiger partial charge in [-0.1, -0.05) is 18.2 Å². The molecule has 1 N–H and O–H groups in total. The lowest BCUT2D eigenvalue weighted by Gasteiger charge is -2.32. The molecule has 1 fully saturated rings. The van der Waals surface area contributed by atoms with Crippen molar-refractivity contribution in [3.8, 4) is 0 Å². The van der Waals surface area contributed by atoms with Crippen molar-refractivity contribution in [3.63, 3.8) is 0 Å². The van der Waals surface area contributed by atoms with E-state index in [0.717, 1.165) is 26.3 Å². The normalized spacial score (nSPS) is 15.2. The molecule has 0 aliphatic carbocycles. The van der Waals surface area contributed by atoms with E-state index in [4.69, 9.17) is 4.74 Å².